The third-order valence-corrected chi connectivity index (χ3v) is 4.15. The van der Waals surface area contributed by atoms with E-state index in [0.29, 0.717) is 37.4 Å². The number of nitrogens with one attached hydrogen (secondary N) is 2. The van der Waals surface area contributed by atoms with Gasteiger partial charge in [0.2, 0.25) is 0 Å². The molecule has 2 amide bonds. The number of hydrogen-bond donors (Lipinski definition) is 2. The second kappa shape index (κ2) is 6.66. The Labute approximate surface area is 135 Å². The molecule has 2 heterocycles. The quantitative estimate of drug-likeness (QED) is 0.864. The number of benzene rings is 1. The van der Waals surface area contributed by atoms with Crippen molar-refractivity contribution in [3.63, 3.8) is 0 Å². The Morgan fingerprint density at radius 1 is 1.39 bits per heavy atom. The molecule has 0 spiro atoms. The molecule has 7 nitrogen and oxygen atoms in total. The molecule has 2 aromatic rings. The molecule has 1 fully saturated rings. The second-order valence-electron chi connectivity index (χ2n) is 5.00. The molecule has 1 saturated heterocycles. The van der Waals surface area contributed by atoms with Gasteiger partial charge in [0.25, 0.3) is 5.91 Å². The molecule has 0 atom stereocenters. The van der Waals surface area contributed by atoms with Crippen LogP contribution in [0.2, 0.25) is 0 Å². The summed E-state index contributed by atoms with van der Waals surface area (Å²) in [5.41, 5.74) is 1.91. The van der Waals surface area contributed by atoms with Crippen LogP contribution in [0.4, 0.5) is 10.5 Å². The summed E-state index contributed by atoms with van der Waals surface area (Å²) >= 11 is 1.10. The molecule has 1 aliphatic heterocycles. The van der Waals surface area contributed by atoms with Crippen LogP contribution in [0.1, 0.15) is 16.1 Å². The van der Waals surface area contributed by atoms with Gasteiger partial charge in [0.15, 0.2) is 0 Å². The first-order valence-electron chi connectivity index (χ1n) is 7.13. The van der Waals surface area contributed by atoms with Gasteiger partial charge in [-0.1, -0.05) is 17.4 Å². The largest absolute Gasteiger partial charge is 0.447 e. The van der Waals surface area contributed by atoms with Crippen LogP contribution in [0.5, 0.6) is 0 Å². The van der Waals surface area contributed by atoms with Gasteiger partial charge < -0.3 is 15.0 Å². The molecule has 1 aromatic carbocycles. The fraction of sp³-hybridized carbons (Fsp3) is 0.267. The zero-order chi connectivity index (χ0) is 16.2. The fourth-order valence-electron chi connectivity index (χ4n) is 2.29. The standard InChI is InChI=1S/C15H15N3O4S/c19-13(16-5-4-11-9-23-14(20)17-11)10-2-1-3-12(8-10)18-6-7-22-15(18)21/h1-3,8-9H,4-7H2,(H,16,19)(H,17,20). The fourth-order valence-corrected chi connectivity index (χ4v) is 2.91. The van der Waals surface area contributed by atoms with Crippen molar-refractivity contribution in [1.29, 1.82) is 0 Å². The number of ether oxygens (including phenoxy) is 1. The summed E-state index contributed by atoms with van der Waals surface area (Å²) in [5.74, 6) is -0.225. The Balaban J connectivity index is 1.60. The van der Waals surface area contributed by atoms with Crippen LogP contribution in [0, 0.1) is 0 Å². The first kappa shape index (κ1) is 15.3. The van der Waals surface area contributed by atoms with Crippen LogP contribution >= 0.6 is 11.3 Å². The molecule has 0 saturated carbocycles. The highest BCUT2D eigenvalue weighted by Crippen LogP contribution is 2.19. The minimum absolute atomic E-state index is 0.100. The lowest BCUT2D eigenvalue weighted by atomic mass is 10.1. The number of nitrogens with zero attached hydrogens (tertiary/aromatic N) is 1. The Kier molecular flexibility index (Phi) is 4.42. The maximum absolute atomic E-state index is 12.2. The lowest BCUT2D eigenvalue weighted by Gasteiger charge is -2.13. The van der Waals surface area contributed by atoms with E-state index in [-0.39, 0.29) is 10.8 Å². The van der Waals surface area contributed by atoms with Crippen molar-refractivity contribution >= 4 is 29.0 Å². The Morgan fingerprint density at radius 3 is 2.96 bits per heavy atom. The number of thiazole rings is 1. The average molecular weight is 333 g/mol. The minimum atomic E-state index is -0.399. The summed E-state index contributed by atoms with van der Waals surface area (Å²) in [6.07, 6.45) is 0.159. The predicted molar refractivity (Wildman–Crippen MR) is 86.1 cm³/mol. The molecular weight excluding hydrogens is 318 g/mol. The van der Waals surface area contributed by atoms with Gasteiger partial charge in [0, 0.05) is 35.3 Å². The third kappa shape index (κ3) is 3.59. The van der Waals surface area contributed by atoms with E-state index in [2.05, 4.69) is 10.3 Å². The Bertz CT molecular complexity index is 783. The van der Waals surface area contributed by atoms with Crippen LogP contribution in [-0.2, 0) is 11.2 Å². The number of aromatic amines is 1. The van der Waals surface area contributed by atoms with Crippen LogP contribution in [0.15, 0.2) is 34.4 Å². The number of amides is 2. The predicted octanol–water partition coefficient (Wildman–Crippen LogP) is 1.37. The molecule has 8 heteroatoms. The number of carbonyl (C=O) groups excluding carboxylic acids is 2. The minimum Gasteiger partial charge on any atom is -0.447 e. The van der Waals surface area contributed by atoms with E-state index in [0.717, 1.165) is 17.0 Å². The van der Waals surface area contributed by atoms with Gasteiger partial charge >= 0.3 is 11.0 Å². The smallest absolute Gasteiger partial charge is 0.414 e. The van der Waals surface area contributed by atoms with Crippen molar-refractivity contribution in [3.05, 3.63) is 50.6 Å². The number of H-pyrrole nitrogens is 1. The number of aromatic nitrogens is 1. The SMILES string of the molecule is O=C(NCCc1csc(=O)[nH]1)c1cccc(N2CCOC2=O)c1. The van der Waals surface area contributed by atoms with E-state index in [9.17, 15) is 14.4 Å². The molecule has 120 valence electrons. The maximum atomic E-state index is 12.2. The van der Waals surface area contributed by atoms with Crippen LogP contribution in [0.3, 0.4) is 0 Å². The molecule has 1 aromatic heterocycles. The molecule has 1 aliphatic rings. The third-order valence-electron chi connectivity index (χ3n) is 3.43. The zero-order valence-electron chi connectivity index (χ0n) is 12.2. The zero-order valence-corrected chi connectivity index (χ0v) is 13.0. The average Bonchev–Trinajstić information content (AvgIpc) is 3.16. The van der Waals surface area contributed by atoms with Crippen molar-refractivity contribution in [2.75, 3.05) is 24.6 Å². The van der Waals surface area contributed by atoms with Gasteiger partial charge in [-0.05, 0) is 18.2 Å². The maximum Gasteiger partial charge on any atom is 0.414 e. The highest BCUT2D eigenvalue weighted by Gasteiger charge is 2.24. The Hall–Kier alpha value is -2.61. The van der Waals surface area contributed by atoms with Gasteiger partial charge in [-0.25, -0.2) is 4.79 Å². The van der Waals surface area contributed by atoms with Crippen molar-refractivity contribution in [3.8, 4) is 0 Å². The van der Waals surface area contributed by atoms with E-state index in [4.69, 9.17) is 4.74 Å². The Morgan fingerprint density at radius 2 is 2.26 bits per heavy atom. The van der Waals surface area contributed by atoms with Gasteiger partial charge in [0.05, 0.1) is 6.54 Å². The molecule has 3 rings (SSSR count). The molecule has 23 heavy (non-hydrogen) atoms. The number of cyclic esters (lactones) is 1. The van der Waals surface area contributed by atoms with Crippen molar-refractivity contribution < 1.29 is 14.3 Å². The molecule has 0 aliphatic carbocycles. The number of anilines is 1. The number of carbonyl (C=O) groups is 2. The van der Waals surface area contributed by atoms with Gasteiger partial charge in [-0.15, -0.1) is 0 Å². The van der Waals surface area contributed by atoms with E-state index in [1.165, 1.54) is 4.90 Å². The van der Waals surface area contributed by atoms with Crippen molar-refractivity contribution in [1.82, 2.24) is 10.3 Å². The normalized spacial score (nSPS) is 13.9. The molecule has 0 unspecified atom stereocenters. The van der Waals surface area contributed by atoms with Crippen molar-refractivity contribution in [2.45, 2.75) is 6.42 Å². The second-order valence-corrected chi connectivity index (χ2v) is 5.84. The molecular formula is C15H15N3O4S. The lowest BCUT2D eigenvalue weighted by Crippen LogP contribution is -2.27. The topological polar surface area (TPSA) is 91.5 Å². The summed E-state index contributed by atoms with van der Waals surface area (Å²) in [5, 5.41) is 4.54. The van der Waals surface area contributed by atoms with Crippen LogP contribution in [-0.4, -0.2) is 36.7 Å². The van der Waals surface area contributed by atoms with E-state index < -0.39 is 6.09 Å². The van der Waals surface area contributed by atoms with E-state index >= 15 is 0 Å². The van der Waals surface area contributed by atoms with Crippen molar-refractivity contribution in [2.24, 2.45) is 0 Å². The highest BCUT2D eigenvalue weighted by atomic mass is 32.1. The van der Waals surface area contributed by atoms with Crippen LogP contribution in [0.25, 0.3) is 0 Å². The van der Waals surface area contributed by atoms with Gasteiger partial charge in [-0.3, -0.25) is 14.5 Å². The number of hydrogen-bond acceptors (Lipinski definition) is 5. The van der Waals surface area contributed by atoms with E-state index in [1.807, 2.05) is 0 Å². The summed E-state index contributed by atoms with van der Waals surface area (Å²) < 4.78 is 4.89. The first-order valence-corrected chi connectivity index (χ1v) is 8.01. The summed E-state index contributed by atoms with van der Waals surface area (Å²) in [4.78, 5) is 38.9. The summed E-state index contributed by atoms with van der Waals surface area (Å²) in [6, 6.07) is 6.84. The van der Waals surface area contributed by atoms with E-state index in [1.54, 1.807) is 29.6 Å². The van der Waals surface area contributed by atoms with Crippen LogP contribution < -0.4 is 15.1 Å². The molecule has 2 N–H and O–H groups in total. The summed E-state index contributed by atoms with van der Waals surface area (Å²) in [6.45, 7) is 1.25. The highest BCUT2D eigenvalue weighted by molar-refractivity contribution is 7.07. The summed E-state index contributed by atoms with van der Waals surface area (Å²) in [7, 11) is 0. The van der Waals surface area contributed by atoms with Gasteiger partial charge in [0.1, 0.15) is 6.61 Å². The number of rotatable bonds is 5. The first-order chi connectivity index (χ1) is 11.1. The molecule has 0 bridgehead atoms. The lowest BCUT2D eigenvalue weighted by molar-refractivity contribution is 0.0954. The monoisotopic (exact) mass is 333 g/mol. The van der Waals surface area contributed by atoms with Gasteiger partial charge in [-0.2, -0.15) is 0 Å². The molecule has 0 radical (unpaired) electrons.